The molecule has 0 saturated carbocycles. The first kappa shape index (κ1) is 16.6. The second-order valence-electron chi connectivity index (χ2n) is 5.98. The van der Waals surface area contributed by atoms with E-state index in [9.17, 15) is 19.7 Å². The van der Waals surface area contributed by atoms with Crippen LogP contribution in [0.2, 0.25) is 0 Å². The monoisotopic (exact) mass is 336 g/mol. The Balaban J connectivity index is 2.04. The second kappa shape index (κ2) is 6.32. The van der Waals surface area contributed by atoms with Crippen molar-refractivity contribution >= 4 is 22.4 Å². The van der Waals surface area contributed by atoms with Gasteiger partial charge in [0.25, 0.3) is 11.2 Å². The lowest BCUT2D eigenvalue weighted by atomic mass is 10.0. The van der Waals surface area contributed by atoms with Gasteiger partial charge in [-0.3, -0.25) is 19.7 Å². The molecule has 6 nitrogen and oxygen atoms in total. The molecular formula is C19H16N2O4. The maximum atomic E-state index is 12.6. The summed E-state index contributed by atoms with van der Waals surface area (Å²) in [5, 5.41) is 11.4. The highest BCUT2D eigenvalue weighted by Gasteiger charge is 2.13. The van der Waals surface area contributed by atoms with Crippen molar-refractivity contribution in [3.8, 4) is 0 Å². The fourth-order valence-corrected chi connectivity index (χ4v) is 2.72. The van der Waals surface area contributed by atoms with Crippen LogP contribution in [0.3, 0.4) is 0 Å². The zero-order valence-corrected chi connectivity index (χ0v) is 13.9. The van der Waals surface area contributed by atoms with Crippen LogP contribution in [0.1, 0.15) is 21.5 Å². The molecule has 126 valence electrons. The zero-order valence-electron chi connectivity index (χ0n) is 13.9. The predicted octanol–water partition coefficient (Wildman–Crippen LogP) is 3.41. The Hall–Kier alpha value is -3.28. The minimum atomic E-state index is -0.491. The molecule has 0 bridgehead atoms. The molecule has 3 rings (SSSR count). The van der Waals surface area contributed by atoms with Crippen LogP contribution in [-0.2, 0) is 6.54 Å². The third kappa shape index (κ3) is 3.19. The number of ketones is 1. The molecule has 2 aromatic carbocycles. The number of hydrogen-bond donors (Lipinski definition) is 0. The quantitative estimate of drug-likeness (QED) is 0.415. The highest BCUT2D eigenvalue weighted by atomic mass is 16.6. The van der Waals surface area contributed by atoms with Gasteiger partial charge in [0, 0.05) is 29.1 Å². The number of nitrogens with zero attached hydrogens (tertiary/aromatic N) is 2. The molecular weight excluding hydrogens is 320 g/mol. The van der Waals surface area contributed by atoms with Crippen molar-refractivity contribution in [2.45, 2.75) is 20.4 Å². The summed E-state index contributed by atoms with van der Waals surface area (Å²) in [6.07, 6.45) is 0. The van der Waals surface area contributed by atoms with Crippen LogP contribution in [-0.4, -0.2) is 15.3 Å². The summed E-state index contributed by atoms with van der Waals surface area (Å²) in [6, 6.07) is 12.5. The predicted molar refractivity (Wildman–Crippen MR) is 95.1 cm³/mol. The Kier molecular flexibility index (Phi) is 4.19. The van der Waals surface area contributed by atoms with Gasteiger partial charge in [0.1, 0.15) is 0 Å². The van der Waals surface area contributed by atoms with E-state index in [1.807, 2.05) is 19.9 Å². The third-order valence-corrected chi connectivity index (χ3v) is 4.31. The van der Waals surface area contributed by atoms with E-state index < -0.39 is 4.92 Å². The summed E-state index contributed by atoms with van der Waals surface area (Å²) in [5.41, 5.74) is 2.75. The van der Waals surface area contributed by atoms with E-state index >= 15 is 0 Å². The maximum Gasteiger partial charge on any atom is 0.270 e. The number of rotatable bonds is 4. The number of aromatic nitrogens is 1. The fourth-order valence-electron chi connectivity index (χ4n) is 2.72. The number of nitro benzene ring substituents is 1. The largest absolute Gasteiger partial charge is 0.300 e. The molecule has 1 heterocycles. The molecule has 6 heteroatoms. The summed E-state index contributed by atoms with van der Waals surface area (Å²) in [6.45, 7) is 3.78. The third-order valence-electron chi connectivity index (χ3n) is 4.31. The number of hydrogen-bond acceptors (Lipinski definition) is 4. The zero-order chi connectivity index (χ0) is 18.1. The van der Waals surface area contributed by atoms with Crippen molar-refractivity contribution in [2.75, 3.05) is 0 Å². The van der Waals surface area contributed by atoms with E-state index in [0.29, 0.717) is 16.5 Å². The number of carbonyl (C=O) groups excluding carboxylic acids is 1. The summed E-state index contributed by atoms with van der Waals surface area (Å²) < 4.78 is 1.34. The van der Waals surface area contributed by atoms with Gasteiger partial charge in [0.2, 0.25) is 0 Å². The van der Waals surface area contributed by atoms with Crippen LogP contribution in [0, 0.1) is 24.0 Å². The molecule has 0 spiro atoms. The first-order valence-corrected chi connectivity index (χ1v) is 7.75. The SMILES string of the molecule is Cc1ccc(C(=O)Cn2c(=O)ccc3cc([N+](=O)[O-])ccc32)cc1C. The van der Waals surface area contributed by atoms with Crippen molar-refractivity contribution in [1.29, 1.82) is 0 Å². The lowest BCUT2D eigenvalue weighted by molar-refractivity contribution is -0.384. The summed E-state index contributed by atoms with van der Waals surface area (Å²) in [4.78, 5) is 35.2. The number of non-ortho nitro benzene ring substituents is 1. The van der Waals surface area contributed by atoms with Gasteiger partial charge in [-0.25, -0.2) is 0 Å². The van der Waals surface area contributed by atoms with Gasteiger partial charge in [-0.2, -0.15) is 0 Å². The number of nitro groups is 1. The number of benzene rings is 2. The number of carbonyl (C=O) groups is 1. The molecule has 0 aliphatic rings. The van der Waals surface area contributed by atoms with Crippen LogP contribution in [0.5, 0.6) is 0 Å². The lowest BCUT2D eigenvalue weighted by Gasteiger charge is -2.10. The average Bonchev–Trinajstić information content (AvgIpc) is 2.59. The minimum absolute atomic E-state index is 0.0572. The van der Waals surface area contributed by atoms with Crippen molar-refractivity contribution in [2.24, 2.45) is 0 Å². The van der Waals surface area contributed by atoms with Gasteiger partial charge in [-0.1, -0.05) is 12.1 Å². The summed E-state index contributed by atoms with van der Waals surface area (Å²) >= 11 is 0. The Morgan fingerprint density at radius 2 is 1.80 bits per heavy atom. The fraction of sp³-hybridized carbons (Fsp3) is 0.158. The van der Waals surface area contributed by atoms with Crippen LogP contribution in [0.4, 0.5) is 5.69 Å². The molecule has 0 radical (unpaired) electrons. The van der Waals surface area contributed by atoms with Crippen LogP contribution >= 0.6 is 0 Å². The lowest BCUT2D eigenvalue weighted by Crippen LogP contribution is -2.24. The van der Waals surface area contributed by atoms with E-state index in [4.69, 9.17) is 0 Å². The molecule has 25 heavy (non-hydrogen) atoms. The Morgan fingerprint density at radius 3 is 2.48 bits per heavy atom. The number of Topliss-reactive ketones (excluding diaryl/α,β-unsaturated/α-hetero) is 1. The molecule has 1 aromatic heterocycles. The molecule has 0 amide bonds. The van der Waals surface area contributed by atoms with Crippen LogP contribution in [0.25, 0.3) is 10.9 Å². The van der Waals surface area contributed by atoms with Gasteiger partial charge in [0.05, 0.1) is 17.0 Å². The first-order chi connectivity index (χ1) is 11.9. The van der Waals surface area contributed by atoms with Gasteiger partial charge >= 0.3 is 0 Å². The van der Waals surface area contributed by atoms with E-state index in [1.54, 1.807) is 12.1 Å². The van der Waals surface area contributed by atoms with Crippen LogP contribution < -0.4 is 5.56 Å². The van der Waals surface area contributed by atoms with Crippen molar-refractivity contribution in [3.05, 3.63) is 85.7 Å². The molecule has 0 saturated heterocycles. The highest BCUT2D eigenvalue weighted by molar-refractivity contribution is 5.97. The van der Waals surface area contributed by atoms with Crippen molar-refractivity contribution in [3.63, 3.8) is 0 Å². The topological polar surface area (TPSA) is 82.2 Å². The van der Waals surface area contributed by atoms with E-state index in [-0.39, 0.29) is 23.6 Å². The first-order valence-electron chi connectivity index (χ1n) is 7.75. The smallest absolute Gasteiger partial charge is 0.270 e. The van der Waals surface area contributed by atoms with Gasteiger partial charge in [-0.05, 0) is 43.2 Å². The molecule has 0 aliphatic heterocycles. The van der Waals surface area contributed by atoms with Gasteiger partial charge in [-0.15, -0.1) is 0 Å². The minimum Gasteiger partial charge on any atom is -0.300 e. The second-order valence-corrected chi connectivity index (χ2v) is 5.98. The normalized spacial score (nSPS) is 10.8. The van der Waals surface area contributed by atoms with Gasteiger partial charge < -0.3 is 4.57 Å². The highest BCUT2D eigenvalue weighted by Crippen LogP contribution is 2.20. The number of fused-ring (bicyclic) bond motifs is 1. The van der Waals surface area contributed by atoms with Gasteiger partial charge in [0.15, 0.2) is 5.78 Å². The molecule has 0 unspecified atom stereocenters. The Bertz CT molecular complexity index is 1070. The molecule has 0 fully saturated rings. The van der Waals surface area contributed by atoms with Crippen molar-refractivity contribution < 1.29 is 9.72 Å². The standard InChI is InChI=1S/C19H16N2O4/c1-12-3-4-15(9-13(12)2)18(22)11-20-17-7-6-16(21(24)25)10-14(17)5-8-19(20)23/h3-10H,11H2,1-2H3. The number of pyridine rings is 1. The van der Waals surface area contributed by atoms with E-state index in [0.717, 1.165) is 11.1 Å². The summed E-state index contributed by atoms with van der Waals surface area (Å²) in [7, 11) is 0. The van der Waals surface area contributed by atoms with E-state index in [1.165, 1.54) is 34.9 Å². The van der Waals surface area contributed by atoms with Crippen LogP contribution in [0.15, 0.2) is 53.3 Å². The van der Waals surface area contributed by atoms with E-state index in [2.05, 4.69) is 0 Å². The summed E-state index contributed by atoms with van der Waals surface area (Å²) in [5.74, 6) is -0.184. The molecule has 0 atom stereocenters. The Morgan fingerprint density at radius 1 is 1.04 bits per heavy atom. The molecule has 3 aromatic rings. The van der Waals surface area contributed by atoms with Crippen molar-refractivity contribution in [1.82, 2.24) is 4.57 Å². The molecule has 0 N–H and O–H groups in total. The maximum absolute atomic E-state index is 12.6. The average molecular weight is 336 g/mol. The Labute approximate surface area is 143 Å². The number of aryl methyl sites for hydroxylation is 2. The molecule has 0 aliphatic carbocycles.